The topological polar surface area (TPSA) is 77.4 Å². The van der Waals surface area contributed by atoms with Gasteiger partial charge in [0.05, 0.1) is 41.6 Å². The number of methoxy groups -OCH3 is 1. The number of benzene rings is 3. The highest BCUT2D eigenvalue weighted by atomic mass is 19.1. The Morgan fingerprint density at radius 2 is 2.09 bits per heavy atom. The number of anilines is 1. The van der Waals surface area contributed by atoms with E-state index in [1.165, 1.54) is 13.2 Å². The average molecular weight is 470 g/mol. The first-order valence-corrected chi connectivity index (χ1v) is 11.5. The van der Waals surface area contributed by atoms with E-state index >= 15 is 0 Å². The summed E-state index contributed by atoms with van der Waals surface area (Å²) in [6.45, 7) is 3.61. The minimum atomic E-state index is -0.450. The minimum Gasteiger partial charge on any atom is -0.496 e. The van der Waals surface area contributed by atoms with Crippen LogP contribution in [0.25, 0.3) is 33.3 Å². The Balaban J connectivity index is 1.46. The van der Waals surface area contributed by atoms with Crippen LogP contribution in [0.3, 0.4) is 0 Å². The number of rotatable bonds is 3. The molecule has 0 amide bonds. The summed E-state index contributed by atoms with van der Waals surface area (Å²) in [7, 11) is 3.63. The first-order valence-electron chi connectivity index (χ1n) is 11.5. The zero-order valence-corrected chi connectivity index (χ0v) is 19.5. The molecule has 1 N–H and O–H groups in total. The van der Waals surface area contributed by atoms with Gasteiger partial charge in [0.25, 0.3) is 0 Å². The molecule has 0 bridgehead atoms. The zero-order valence-electron chi connectivity index (χ0n) is 19.5. The number of hydrogen-bond donors (Lipinski definition) is 1. The molecule has 0 aliphatic carbocycles. The van der Waals surface area contributed by atoms with Crippen LogP contribution in [0.1, 0.15) is 5.56 Å². The van der Waals surface area contributed by atoms with E-state index in [2.05, 4.69) is 39.2 Å². The van der Waals surface area contributed by atoms with Crippen LogP contribution in [0, 0.1) is 17.1 Å². The fourth-order valence-corrected chi connectivity index (χ4v) is 5.19. The molecule has 1 saturated heterocycles. The monoisotopic (exact) mass is 469 g/mol. The summed E-state index contributed by atoms with van der Waals surface area (Å²) in [4.78, 5) is 4.75. The normalized spacial score (nSPS) is 17.4. The Labute approximate surface area is 202 Å². The van der Waals surface area contributed by atoms with E-state index in [1.807, 2.05) is 18.2 Å². The summed E-state index contributed by atoms with van der Waals surface area (Å²) in [5, 5.41) is 18.2. The molecule has 7 nitrogen and oxygen atoms in total. The highest BCUT2D eigenvalue weighted by Gasteiger charge is 2.32. The molecule has 4 aromatic rings. The standard InChI is InChI=1S/C27H24FN5O2/c1-32-8-9-33-18(14-32)15-35-25-11-16(6-7-23(25)33)27-20-12-19(17(13-29)10-22(20)30-31-27)26-21(28)4-3-5-24(26)34-2/h3-7,10-12,18H,8-9,14-15H2,1-2H3,(H,30,31). The fraction of sp³-hybridized carbons (Fsp3) is 0.259. The molecule has 3 aromatic carbocycles. The summed E-state index contributed by atoms with van der Waals surface area (Å²) >= 11 is 0. The van der Waals surface area contributed by atoms with Crippen LogP contribution in [0.5, 0.6) is 11.5 Å². The molecule has 0 radical (unpaired) electrons. The second kappa shape index (κ2) is 8.29. The van der Waals surface area contributed by atoms with Crippen LogP contribution in [0.4, 0.5) is 10.1 Å². The summed E-state index contributed by atoms with van der Waals surface area (Å²) in [5.74, 6) is 0.757. The van der Waals surface area contributed by atoms with Crippen molar-refractivity contribution < 1.29 is 13.9 Å². The SMILES string of the molecule is COc1cccc(F)c1-c1cc2c(-c3ccc4c(c3)OCC3CN(C)CCN43)n[nH]c2cc1C#N. The summed E-state index contributed by atoms with van der Waals surface area (Å²) < 4.78 is 26.5. The van der Waals surface area contributed by atoms with Crippen molar-refractivity contribution in [1.82, 2.24) is 15.1 Å². The first-order chi connectivity index (χ1) is 17.1. The molecule has 1 unspecified atom stereocenters. The number of likely N-dealkylation sites (N-methyl/N-ethyl adjacent to an activating group) is 1. The highest BCUT2D eigenvalue weighted by molar-refractivity contribution is 5.98. The van der Waals surface area contributed by atoms with Crippen LogP contribution >= 0.6 is 0 Å². The van der Waals surface area contributed by atoms with Gasteiger partial charge in [-0.25, -0.2) is 4.39 Å². The molecular weight excluding hydrogens is 445 g/mol. The lowest BCUT2D eigenvalue weighted by molar-refractivity contribution is 0.188. The highest BCUT2D eigenvalue weighted by Crippen LogP contribution is 2.41. The van der Waals surface area contributed by atoms with Crippen LogP contribution in [-0.4, -0.2) is 61.5 Å². The number of nitrogens with zero attached hydrogens (tertiary/aromatic N) is 4. The van der Waals surface area contributed by atoms with Crippen molar-refractivity contribution in [3.63, 3.8) is 0 Å². The lowest BCUT2D eigenvalue weighted by atomic mass is 9.95. The number of aromatic amines is 1. The molecule has 2 aliphatic rings. The summed E-state index contributed by atoms with van der Waals surface area (Å²) in [6, 6.07) is 16.8. The second-order valence-corrected chi connectivity index (χ2v) is 9.05. The minimum absolute atomic E-state index is 0.260. The molecule has 0 saturated carbocycles. The van der Waals surface area contributed by atoms with Crippen molar-refractivity contribution >= 4 is 16.6 Å². The molecule has 1 atom stereocenters. The maximum atomic E-state index is 14.9. The molecule has 8 heteroatoms. The quantitative estimate of drug-likeness (QED) is 0.478. The fourth-order valence-electron chi connectivity index (χ4n) is 5.19. The number of fused-ring (bicyclic) bond motifs is 4. The molecule has 0 spiro atoms. The number of ether oxygens (including phenoxy) is 2. The van der Waals surface area contributed by atoms with Gasteiger partial charge in [-0.3, -0.25) is 5.10 Å². The number of hydrogen-bond acceptors (Lipinski definition) is 6. The van der Waals surface area contributed by atoms with Crippen molar-refractivity contribution in [3.05, 3.63) is 59.9 Å². The number of aromatic nitrogens is 2. The Morgan fingerprint density at radius 1 is 1.20 bits per heavy atom. The smallest absolute Gasteiger partial charge is 0.143 e. The van der Waals surface area contributed by atoms with Crippen LogP contribution in [0.2, 0.25) is 0 Å². The molecule has 1 aromatic heterocycles. The Kier molecular flexibility index (Phi) is 5.08. The summed E-state index contributed by atoms with van der Waals surface area (Å²) in [5.41, 5.74) is 4.47. The van der Waals surface area contributed by atoms with Gasteiger partial charge in [0.15, 0.2) is 0 Å². The molecule has 2 aliphatic heterocycles. The van der Waals surface area contributed by atoms with Crippen molar-refractivity contribution in [2.75, 3.05) is 45.3 Å². The van der Waals surface area contributed by atoms with Crippen molar-refractivity contribution in [2.24, 2.45) is 0 Å². The van der Waals surface area contributed by atoms with E-state index in [9.17, 15) is 9.65 Å². The van der Waals surface area contributed by atoms with Crippen LogP contribution in [-0.2, 0) is 0 Å². The Morgan fingerprint density at radius 3 is 2.91 bits per heavy atom. The molecule has 1 fully saturated rings. The van der Waals surface area contributed by atoms with Crippen LogP contribution in [0.15, 0.2) is 48.5 Å². The maximum absolute atomic E-state index is 14.9. The van der Waals surface area contributed by atoms with Gasteiger partial charge in [-0.05, 0) is 43.4 Å². The van der Waals surface area contributed by atoms with Crippen LogP contribution < -0.4 is 14.4 Å². The van der Waals surface area contributed by atoms with Crippen molar-refractivity contribution in [2.45, 2.75) is 6.04 Å². The van der Waals surface area contributed by atoms with Gasteiger partial charge in [0.2, 0.25) is 0 Å². The number of piperazine rings is 1. The molecule has 35 heavy (non-hydrogen) atoms. The van der Waals surface area contributed by atoms with E-state index in [4.69, 9.17) is 9.47 Å². The predicted molar refractivity (Wildman–Crippen MR) is 132 cm³/mol. The van der Waals surface area contributed by atoms with Gasteiger partial charge in [-0.15, -0.1) is 0 Å². The van der Waals surface area contributed by atoms with E-state index in [0.717, 1.165) is 42.0 Å². The second-order valence-electron chi connectivity index (χ2n) is 9.05. The summed E-state index contributed by atoms with van der Waals surface area (Å²) in [6.07, 6.45) is 0. The van der Waals surface area contributed by atoms with Crippen molar-refractivity contribution in [3.8, 4) is 40.0 Å². The average Bonchev–Trinajstić information content (AvgIpc) is 3.30. The Hall–Kier alpha value is -4.09. The predicted octanol–water partition coefficient (Wildman–Crippen LogP) is 4.43. The number of nitriles is 1. The lowest BCUT2D eigenvalue weighted by Gasteiger charge is -2.44. The van der Waals surface area contributed by atoms with E-state index in [0.29, 0.717) is 40.7 Å². The third-order valence-electron chi connectivity index (χ3n) is 6.95. The van der Waals surface area contributed by atoms with Gasteiger partial charge in [-0.2, -0.15) is 10.4 Å². The number of nitrogens with one attached hydrogen (secondary N) is 1. The third kappa shape index (κ3) is 3.47. The van der Waals surface area contributed by atoms with E-state index in [1.54, 1.807) is 18.2 Å². The largest absolute Gasteiger partial charge is 0.496 e. The molecule has 176 valence electrons. The zero-order chi connectivity index (χ0) is 24.1. The first kappa shape index (κ1) is 21.4. The number of H-pyrrole nitrogens is 1. The maximum Gasteiger partial charge on any atom is 0.143 e. The lowest BCUT2D eigenvalue weighted by Crippen LogP contribution is -2.56. The third-order valence-corrected chi connectivity index (χ3v) is 6.95. The van der Waals surface area contributed by atoms with E-state index < -0.39 is 5.82 Å². The van der Waals surface area contributed by atoms with E-state index in [-0.39, 0.29) is 5.56 Å². The van der Waals surface area contributed by atoms with Crippen molar-refractivity contribution in [1.29, 1.82) is 5.26 Å². The molecular formula is C27H24FN5O2. The van der Waals surface area contributed by atoms with Gasteiger partial charge in [0, 0.05) is 36.1 Å². The molecule has 3 heterocycles. The molecule has 6 rings (SSSR count). The number of halogens is 1. The van der Waals surface area contributed by atoms with Gasteiger partial charge in [-0.1, -0.05) is 12.1 Å². The van der Waals surface area contributed by atoms with Gasteiger partial charge < -0.3 is 19.3 Å². The van der Waals surface area contributed by atoms with Gasteiger partial charge in [0.1, 0.15) is 29.6 Å². The Bertz CT molecular complexity index is 1490. The van der Waals surface area contributed by atoms with Gasteiger partial charge >= 0.3 is 0 Å².